The highest BCUT2D eigenvalue weighted by atomic mass is 79.9. The van der Waals surface area contributed by atoms with Crippen LogP contribution in [-0.4, -0.2) is 0 Å². The third kappa shape index (κ3) is 3.28. The van der Waals surface area contributed by atoms with Gasteiger partial charge in [-0.25, -0.2) is 4.39 Å². The lowest BCUT2D eigenvalue weighted by Crippen LogP contribution is -2.12. The van der Waals surface area contributed by atoms with Gasteiger partial charge >= 0.3 is 0 Å². The molecule has 1 aromatic rings. The SMILES string of the molecule is CCCC[C@@H](N)c1cc(Br)cc(C)c1F. The Kier molecular flexibility index (Phi) is 4.74. The largest absolute Gasteiger partial charge is 0.324 e. The summed E-state index contributed by atoms with van der Waals surface area (Å²) >= 11 is 3.36. The van der Waals surface area contributed by atoms with Crippen LogP contribution in [0.2, 0.25) is 0 Å². The number of nitrogens with two attached hydrogens (primary N) is 1. The molecule has 15 heavy (non-hydrogen) atoms. The van der Waals surface area contributed by atoms with E-state index in [0.29, 0.717) is 11.1 Å². The molecule has 0 aliphatic carbocycles. The van der Waals surface area contributed by atoms with Crippen molar-refractivity contribution in [3.05, 3.63) is 33.5 Å². The lowest BCUT2D eigenvalue weighted by atomic mass is 9.99. The first-order valence-electron chi connectivity index (χ1n) is 5.27. The summed E-state index contributed by atoms with van der Waals surface area (Å²) in [6.07, 6.45) is 2.96. The van der Waals surface area contributed by atoms with E-state index in [2.05, 4.69) is 22.9 Å². The summed E-state index contributed by atoms with van der Waals surface area (Å²) in [5, 5.41) is 0. The second kappa shape index (κ2) is 5.61. The lowest BCUT2D eigenvalue weighted by Gasteiger charge is -2.14. The van der Waals surface area contributed by atoms with Crippen LogP contribution in [0.5, 0.6) is 0 Å². The second-order valence-corrected chi connectivity index (χ2v) is 4.79. The van der Waals surface area contributed by atoms with E-state index in [1.807, 2.05) is 0 Å². The molecular formula is C12H17BrFN. The molecule has 0 radical (unpaired) electrons. The lowest BCUT2D eigenvalue weighted by molar-refractivity contribution is 0.542. The first kappa shape index (κ1) is 12.7. The van der Waals surface area contributed by atoms with Crippen molar-refractivity contribution in [2.45, 2.75) is 39.2 Å². The second-order valence-electron chi connectivity index (χ2n) is 3.87. The fourth-order valence-electron chi connectivity index (χ4n) is 1.60. The van der Waals surface area contributed by atoms with Crippen LogP contribution < -0.4 is 5.73 Å². The van der Waals surface area contributed by atoms with Gasteiger partial charge in [0.1, 0.15) is 5.82 Å². The average molecular weight is 274 g/mol. The molecule has 0 fully saturated rings. The molecule has 0 bridgehead atoms. The van der Waals surface area contributed by atoms with Crippen molar-refractivity contribution >= 4 is 15.9 Å². The molecule has 2 N–H and O–H groups in total. The van der Waals surface area contributed by atoms with Crippen LogP contribution in [0.25, 0.3) is 0 Å². The van der Waals surface area contributed by atoms with E-state index in [1.165, 1.54) is 0 Å². The summed E-state index contributed by atoms with van der Waals surface area (Å²) < 4.78 is 14.7. The highest BCUT2D eigenvalue weighted by Crippen LogP contribution is 2.26. The predicted molar refractivity (Wildman–Crippen MR) is 65.3 cm³/mol. The van der Waals surface area contributed by atoms with Gasteiger partial charge in [0.2, 0.25) is 0 Å². The minimum absolute atomic E-state index is 0.165. The first-order chi connectivity index (χ1) is 7.06. The van der Waals surface area contributed by atoms with Crippen LogP contribution in [0.15, 0.2) is 16.6 Å². The zero-order valence-corrected chi connectivity index (χ0v) is 10.8. The van der Waals surface area contributed by atoms with E-state index >= 15 is 0 Å². The molecule has 0 unspecified atom stereocenters. The number of rotatable bonds is 4. The molecule has 0 saturated carbocycles. The molecule has 0 aliphatic heterocycles. The van der Waals surface area contributed by atoms with Crippen molar-refractivity contribution in [1.82, 2.24) is 0 Å². The highest BCUT2D eigenvalue weighted by molar-refractivity contribution is 9.10. The fourth-order valence-corrected chi connectivity index (χ4v) is 2.19. The molecule has 0 aromatic heterocycles. The van der Waals surface area contributed by atoms with Crippen molar-refractivity contribution in [2.75, 3.05) is 0 Å². The average Bonchev–Trinajstić information content (AvgIpc) is 2.19. The van der Waals surface area contributed by atoms with Crippen LogP contribution in [-0.2, 0) is 0 Å². The summed E-state index contributed by atoms with van der Waals surface area (Å²) in [6, 6.07) is 3.36. The van der Waals surface area contributed by atoms with Crippen LogP contribution >= 0.6 is 15.9 Å². The molecule has 0 amide bonds. The van der Waals surface area contributed by atoms with Crippen LogP contribution in [0.3, 0.4) is 0 Å². The van der Waals surface area contributed by atoms with Gasteiger partial charge in [-0.3, -0.25) is 0 Å². The number of halogens is 2. The topological polar surface area (TPSA) is 26.0 Å². The Morgan fingerprint density at radius 3 is 2.73 bits per heavy atom. The Morgan fingerprint density at radius 2 is 2.13 bits per heavy atom. The molecule has 0 heterocycles. The maximum absolute atomic E-state index is 13.8. The van der Waals surface area contributed by atoms with Gasteiger partial charge in [0.25, 0.3) is 0 Å². The van der Waals surface area contributed by atoms with Crippen molar-refractivity contribution in [3.8, 4) is 0 Å². The fraction of sp³-hybridized carbons (Fsp3) is 0.500. The van der Waals surface area contributed by atoms with E-state index < -0.39 is 0 Å². The van der Waals surface area contributed by atoms with Crippen molar-refractivity contribution in [1.29, 1.82) is 0 Å². The van der Waals surface area contributed by atoms with E-state index in [1.54, 1.807) is 19.1 Å². The first-order valence-corrected chi connectivity index (χ1v) is 6.06. The summed E-state index contributed by atoms with van der Waals surface area (Å²) in [5.41, 5.74) is 7.22. The minimum atomic E-state index is -0.193. The maximum Gasteiger partial charge on any atom is 0.130 e. The zero-order valence-electron chi connectivity index (χ0n) is 9.19. The number of unbranched alkanes of at least 4 members (excludes halogenated alkanes) is 1. The maximum atomic E-state index is 13.8. The van der Waals surface area contributed by atoms with Crippen molar-refractivity contribution in [2.24, 2.45) is 5.73 Å². The summed E-state index contributed by atoms with van der Waals surface area (Å²) in [6.45, 7) is 3.87. The normalized spacial score (nSPS) is 12.9. The standard InChI is InChI=1S/C12H17BrFN/c1-3-4-5-11(15)10-7-9(13)6-8(2)12(10)14/h6-7,11H,3-5,15H2,1-2H3/t11-/m1/s1. The Labute approximate surface area is 99.0 Å². The molecule has 84 valence electrons. The van der Waals surface area contributed by atoms with E-state index in [-0.39, 0.29) is 11.9 Å². The van der Waals surface area contributed by atoms with Crippen molar-refractivity contribution in [3.63, 3.8) is 0 Å². The highest BCUT2D eigenvalue weighted by Gasteiger charge is 2.13. The van der Waals surface area contributed by atoms with E-state index in [0.717, 1.165) is 23.7 Å². The Balaban J connectivity index is 2.92. The van der Waals surface area contributed by atoms with Crippen LogP contribution in [0, 0.1) is 12.7 Å². The summed E-state index contributed by atoms with van der Waals surface area (Å²) in [7, 11) is 0. The molecule has 1 atom stereocenters. The van der Waals surface area contributed by atoms with E-state index in [9.17, 15) is 4.39 Å². The Bertz CT molecular complexity index is 339. The van der Waals surface area contributed by atoms with Gasteiger partial charge in [-0.15, -0.1) is 0 Å². The van der Waals surface area contributed by atoms with Crippen LogP contribution in [0.4, 0.5) is 4.39 Å². The third-order valence-electron chi connectivity index (χ3n) is 2.52. The number of hydrogen-bond donors (Lipinski definition) is 1. The van der Waals surface area contributed by atoms with Gasteiger partial charge in [-0.1, -0.05) is 35.7 Å². The molecule has 0 saturated heterocycles. The Hall–Kier alpha value is -0.410. The van der Waals surface area contributed by atoms with Crippen LogP contribution in [0.1, 0.15) is 43.4 Å². The van der Waals surface area contributed by atoms with E-state index in [4.69, 9.17) is 5.73 Å². The van der Waals surface area contributed by atoms with Gasteiger partial charge in [-0.05, 0) is 31.0 Å². The zero-order chi connectivity index (χ0) is 11.4. The monoisotopic (exact) mass is 273 g/mol. The van der Waals surface area contributed by atoms with Gasteiger partial charge in [0, 0.05) is 16.1 Å². The molecule has 1 aromatic carbocycles. The number of benzene rings is 1. The van der Waals surface area contributed by atoms with Gasteiger partial charge in [-0.2, -0.15) is 0 Å². The number of aryl methyl sites for hydroxylation is 1. The molecule has 1 rings (SSSR count). The Morgan fingerprint density at radius 1 is 1.47 bits per heavy atom. The summed E-state index contributed by atoms with van der Waals surface area (Å²) in [4.78, 5) is 0. The van der Waals surface area contributed by atoms with Gasteiger partial charge in [0.15, 0.2) is 0 Å². The van der Waals surface area contributed by atoms with Gasteiger partial charge in [0.05, 0.1) is 0 Å². The minimum Gasteiger partial charge on any atom is -0.324 e. The smallest absolute Gasteiger partial charge is 0.130 e. The summed E-state index contributed by atoms with van der Waals surface area (Å²) in [5.74, 6) is -0.165. The third-order valence-corrected chi connectivity index (χ3v) is 2.97. The number of hydrogen-bond acceptors (Lipinski definition) is 1. The molecule has 1 nitrogen and oxygen atoms in total. The molecular weight excluding hydrogens is 257 g/mol. The molecule has 0 aliphatic rings. The van der Waals surface area contributed by atoms with Gasteiger partial charge < -0.3 is 5.73 Å². The predicted octanol–water partition coefficient (Wildman–Crippen LogP) is 4.09. The molecule has 3 heteroatoms. The molecule has 0 spiro atoms. The van der Waals surface area contributed by atoms with Crippen molar-refractivity contribution < 1.29 is 4.39 Å². The quantitative estimate of drug-likeness (QED) is 0.879.